The molecule has 0 aliphatic heterocycles. The molecule has 0 rings (SSSR count). The van der Waals surface area contributed by atoms with Gasteiger partial charge in [0.05, 0.1) is 13.0 Å². The van der Waals surface area contributed by atoms with E-state index in [0.717, 1.165) is 51.4 Å². The van der Waals surface area contributed by atoms with Crippen molar-refractivity contribution >= 4 is 11.9 Å². The zero-order valence-corrected chi connectivity index (χ0v) is 30.5. The molecule has 1 N–H and O–H groups in total. The number of esters is 2. The lowest BCUT2D eigenvalue weighted by molar-refractivity contribution is -0.160. The van der Waals surface area contributed by atoms with E-state index < -0.39 is 12.1 Å². The molecule has 0 fully saturated rings. The van der Waals surface area contributed by atoms with E-state index in [1.54, 1.807) is 6.08 Å². The summed E-state index contributed by atoms with van der Waals surface area (Å²) in [6.45, 7) is 3.94. The Balaban J connectivity index is 3.65. The van der Waals surface area contributed by atoms with Gasteiger partial charge in [-0.15, -0.1) is 0 Å². The number of unbranched alkanes of at least 4 members (excludes halogenated alkanes) is 17. The summed E-state index contributed by atoms with van der Waals surface area (Å²) in [5.74, 6) is -0.737. The quantitative estimate of drug-likeness (QED) is 0.0424. The van der Waals surface area contributed by atoms with E-state index in [1.165, 1.54) is 96.3 Å². The van der Waals surface area contributed by atoms with E-state index in [2.05, 4.69) is 62.5 Å². The van der Waals surface area contributed by atoms with Gasteiger partial charge in [-0.1, -0.05) is 184 Å². The highest BCUT2D eigenvalue weighted by molar-refractivity contribution is 5.71. The van der Waals surface area contributed by atoms with Crippen LogP contribution in [0, 0.1) is 0 Å². The summed E-state index contributed by atoms with van der Waals surface area (Å²) in [4.78, 5) is 24.2. The first-order valence-corrected chi connectivity index (χ1v) is 19.3. The van der Waals surface area contributed by atoms with E-state index >= 15 is 0 Å². The second-order valence-electron chi connectivity index (χ2n) is 12.7. The van der Waals surface area contributed by atoms with Gasteiger partial charge in [-0.25, -0.2) is 0 Å². The minimum Gasteiger partial charge on any atom is -0.462 e. The zero-order chi connectivity index (χ0) is 34.3. The number of aliphatic hydroxyl groups excluding tert-OH is 1. The van der Waals surface area contributed by atoms with Gasteiger partial charge >= 0.3 is 11.9 Å². The molecule has 0 aromatic rings. The highest BCUT2D eigenvalue weighted by Crippen LogP contribution is 2.15. The maximum Gasteiger partial charge on any atom is 0.310 e. The van der Waals surface area contributed by atoms with Crippen LogP contribution in [-0.2, 0) is 19.1 Å². The number of rotatable bonds is 34. The third-order valence-electron chi connectivity index (χ3n) is 8.11. The Morgan fingerprint density at radius 2 is 0.894 bits per heavy atom. The first kappa shape index (κ1) is 44.6. The fraction of sp³-hybridized carbons (Fsp3) is 0.714. The normalized spacial score (nSPS) is 12.8. The SMILES string of the molecule is CC/C=C\C/C=C\C/C=C\C/C=C\C/C=C\CC(=O)OC(CO)COC(=O)CCCCCCCCCCCCCCCCCCCC. The van der Waals surface area contributed by atoms with Crippen LogP contribution >= 0.6 is 0 Å². The first-order chi connectivity index (χ1) is 23.1. The highest BCUT2D eigenvalue weighted by atomic mass is 16.6. The van der Waals surface area contributed by atoms with Gasteiger partial charge in [-0.2, -0.15) is 0 Å². The zero-order valence-electron chi connectivity index (χ0n) is 30.5. The average molecular weight is 657 g/mol. The van der Waals surface area contributed by atoms with Crippen molar-refractivity contribution in [3.63, 3.8) is 0 Å². The number of carbonyl (C=O) groups is 2. The molecule has 47 heavy (non-hydrogen) atoms. The molecular weight excluding hydrogens is 584 g/mol. The topological polar surface area (TPSA) is 72.8 Å². The number of aliphatic hydroxyl groups is 1. The second kappa shape index (κ2) is 38.1. The molecule has 0 aromatic carbocycles. The van der Waals surface area contributed by atoms with Crippen molar-refractivity contribution in [1.82, 2.24) is 0 Å². The summed E-state index contributed by atoms with van der Waals surface area (Å²) >= 11 is 0. The molecule has 5 nitrogen and oxygen atoms in total. The Hall–Kier alpha value is -2.40. The van der Waals surface area contributed by atoms with Crippen molar-refractivity contribution < 1.29 is 24.2 Å². The number of hydrogen-bond donors (Lipinski definition) is 1. The molecule has 0 bridgehead atoms. The summed E-state index contributed by atoms with van der Waals surface area (Å²) in [7, 11) is 0. The summed E-state index contributed by atoms with van der Waals surface area (Å²) < 4.78 is 10.5. The molecule has 270 valence electrons. The fourth-order valence-electron chi connectivity index (χ4n) is 5.22. The molecule has 0 aliphatic rings. The molecule has 1 atom stereocenters. The molecule has 0 heterocycles. The van der Waals surface area contributed by atoms with Crippen LogP contribution in [0.3, 0.4) is 0 Å². The minimum atomic E-state index is -0.825. The van der Waals surface area contributed by atoms with Crippen molar-refractivity contribution in [2.45, 2.75) is 180 Å². The fourth-order valence-corrected chi connectivity index (χ4v) is 5.22. The Bertz CT molecular complexity index is 838. The van der Waals surface area contributed by atoms with Crippen LogP contribution < -0.4 is 0 Å². The van der Waals surface area contributed by atoms with E-state index in [-0.39, 0.29) is 25.6 Å². The standard InChI is InChI=1S/C42H72O5/c1-3-5-7-9-11-13-15-17-19-20-21-23-24-26-28-30-32-34-36-41(44)46-39-40(38-43)47-42(45)37-35-33-31-29-27-25-22-18-16-14-12-10-8-6-4-2/h6,8,12,14,18,22,27,29,33,35,40,43H,3-5,7,9-11,13,15-17,19-21,23-26,28,30-32,34,36-39H2,1-2H3/b8-6-,14-12-,22-18-,29-27-,35-33-. The van der Waals surface area contributed by atoms with Gasteiger partial charge in [0.1, 0.15) is 6.61 Å². The molecule has 0 radical (unpaired) electrons. The number of allylic oxidation sites excluding steroid dienone is 9. The van der Waals surface area contributed by atoms with E-state index in [1.807, 2.05) is 6.08 Å². The van der Waals surface area contributed by atoms with Crippen LogP contribution in [-0.4, -0.2) is 36.4 Å². The molecule has 1 unspecified atom stereocenters. The third-order valence-corrected chi connectivity index (χ3v) is 8.11. The van der Waals surface area contributed by atoms with Crippen LogP contribution in [0.4, 0.5) is 0 Å². The van der Waals surface area contributed by atoms with Gasteiger partial charge < -0.3 is 14.6 Å². The average Bonchev–Trinajstić information content (AvgIpc) is 3.07. The lowest BCUT2D eigenvalue weighted by atomic mass is 10.0. The summed E-state index contributed by atoms with van der Waals surface area (Å²) in [6, 6.07) is 0. The van der Waals surface area contributed by atoms with Gasteiger partial charge in [0.15, 0.2) is 6.10 Å². The second-order valence-corrected chi connectivity index (χ2v) is 12.7. The van der Waals surface area contributed by atoms with Crippen LogP contribution in [0.1, 0.15) is 174 Å². The third kappa shape index (κ3) is 36.3. The van der Waals surface area contributed by atoms with Crippen LogP contribution in [0.2, 0.25) is 0 Å². The van der Waals surface area contributed by atoms with E-state index in [0.29, 0.717) is 6.42 Å². The van der Waals surface area contributed by atoms with Crippen molar-refractivity contribution in [2.24, 2.45) is 0 Å². The Morgan fingerprint density at radius 3 is 1.30 bits per heavy atom. The van der Waals surface area contributed by atoms with Crippen LogP contribution in [0.25, 0.3) is 0 Å². The number of carbonyl (C=O) groups excluding carboxylic acids is 2. The molecule has 0 saturated heterocycles. The Kier molecular flexibility index (Phi) is 36.1. The van der Waals surface area contributed by atoms with Gasteiger partial charge in [0.25, 0.3) is 0 Å². The number of ether oxygens (including phenoxy) is 2. The van der Waals surface area contributed by atoms with Crippen LogP contribution in [0.5, 0.6) is 0 Å². The summed E-state index contributed by atoms with van der Waals surface area (Å²) in [6.07, 6.45) is 48.8. The predicted octanol–water partition coefficient (Wildman–Crippen LogP) is 12.0. The molecular formula is C42H72O5. The van der Waals surface area contributed by atoms with E-state index in [9.17, 15) is 14.7 Å². The molecule has 0 amide bonds. The minimum absolute atomic E-state index is 0.105. The summed E-state index contributed by atoms with van der Waals surface area (Å²) in [5.41, 5.74) is 0. The van der Waals surface area contributed by atoms with Crippen molar-refractivity contribution in [3.05, 3.63) is 60.8 Å². The van der Waals surface area contributed by atoms with E-state index in [4.69, 9.17) is 9.47 Å². The highest BCUT2D eigenvalue weighted by Gasteiger charge is 2.15. The summed E-state index contributed by atoms with van der Waals surface area (Å²) in [5, 5.41) is 9.52. The van der Waals surface area contributed by atoms with Gasteiger partial charge in [0, 0.05) is 6.42 Å². The largest absolute Gasteiger partial charge is 0.462 e. The predicted molar refractivity (Wildman–Crippen MR) is 200 cm³/mol. The molecule has 5 heteroatoms. The lowest BCUT2D eigenvalue weighted by Crippen LogP contribution is -2.28. The van der Waals surface area contributed by atoms with Crippen molar-refractivity contribution in [1.29, 1.82) is 0 Å². The van der Waals surface area contributed by atoms with Crippen LogP contribution in [0.15, 0.2) is 60.8 Å². The first-order valence-electron chi connectivity index (χ1n) is 19.3. The smallest absolute Gasteiger partial charge is 0.310 e. The van der Waals surface area contributed by atoms with Gasteiger partial charge in [-0.05, 0) is 38.5 Å². The molecule has 0 spiro atoms. The Labute approximate surface area is 290 Å². The Morgan fingerprint density at radius 1 is 0.511 bits per heavy atom. The monoisotopic (exact) mass is 657 g/mol. The lowest BCUT2D eigenvalue weighted by Gasteiger charge is -2.15. The number of hydrogen-bond acceptors (Lipinski definition) is 5. The maximum absolute atomic E-state index is 12.1. The molecule has 0 aromatic heterocycles. The maximum atomic E-state index is 12.1. The molecule has 0 aliphatic carbocycles. The molecule has 0 saturated carbocycles. The van der Waals surface area contributed by atoms with Gasteiger partial charge in [0.2, 0.25) is 0 Å². The van der Waals surface area contributed by atoms with Crippen molar-refractivity contribution in [3.8, 4) is 0 Å². The van der Waals surface area contributed by atoms with Gasteiger partial charge in [-0.3, -0.25) is 9.59 Å². The van der Waals surface area contributed by atoms with Crippen molar-refractivity contribution in [2.75, 3.05) is 13.2 Å².